The minimum Gasteiger partial charge on any atom is -0.347 e. The zero-order valence-corrected chi connectivity index (χ0v) is 11.2. The third-order valence-electron chi connectivity index (χ3n) is 2.95. The highest BCUT2D eigenvalue weighted by atomic mass is 16.6. The van der Waals surface area contributed by atoms with Crippen LogP contribution >= 0.6 is 0 Å². The van der Waals surface area contributed by atoms with Crippen LogP contribution in [0.15, 0.2) is 18.2 Å². The van der Waals surface area contributed by atoms with Crippen molar-refractivity contribution in [1.82, 2.24) is 5.32 Å². The number of hydrazine groups is 1. The van der Waals surface area contributed by atoms with Crippen LogP contribution in [0.3, 0.4) is 0 Å². The van der Waals surface area contributed by atoms with Crippen molar-refractivity contribution in [3.63, 3.8) is 0 Å². The van der Waals surface area contributed by atoms with Gasteiger partial charge in [0.05, 0.1) is 16.2 Å². The van der Waals surface area contributed by atoms with Crippen molar-refractivity contribution in [2.75, 3.05) is 5.43 Å². The van der Waals surface area contributed by atoms with Gasteiger partial charge in [-0.3, -0.25) is 20.8 Å². The maximum absolute atomic E-state index is 12.1. The summed E-state index contributed by atoms with van der Waals surface area (Å²) in [5.74, 6) is 4.91. The highest BCUT2D eigenvalue weighted by Crippen LogP contribution is 2.22. The molecule has 7 nitrogen and oxygen atoms in total. The molecule has 0 aliphatic heterocycles. The quantitative estimate of drug-likeness (QED) is 0.427. The zero-order chi connectivity index (χ0) is 14.6. The van der Waals surface area contributed by atoms with Crippen molar-refractivity contribution in [3.8, 4) is 0 Å². The molecule has 0 saturated carbocycles. The van der Waals surface area contributed by atoms with Gasteiger partial charge in [-0.25, -0.2) is 0 Å². The number of amides is 1. The Morgan fingerprint density at radius 1 is 1.47 bits per heavy atom. The van der Waals surface area contributed by atoms with E-state index >= 15 is 0 Å². The van der Waals surface area contributed by atoms with Crippen LogP contribution in [0, 0.1) is 10.1 Å². The van der Waals surface area contributed by atoms with E-state index in [1.165, 1.54) is 18.2 Å². The molecule has 104 valence electrons. The fourth-order valence-corrected chi connectivity index (χ4v) is 1.42. The molecule has 1 aromatic carbocycles. The van der Waals surface area contributed by atoms with E-state index < -0.39 is 16.4 Å². The van der Waals surface area contributed by atoms with E-state index in [9.17, 15) is 14.9 Å². The average Bonchev–Trinajstić information content (AvgIpc) is 2.37. The van der Waals surface area contributed by atoms with Gasteiger partial charge in [0.25, 0.3) is 11.6 Å². The number of nitro groups is 1. The van der Waals surface area contributed by atoms with Crippen LogP contribution in [0.25, 0.3) is 0 Å². The number of carbonyl (C=O) groups excluding carboxylic acids is 1. The summed E-state index contributed by atoms with van der Waals surface area (Å²) in [5.41, 5.74) is 2.31. The Kier molecular flexibility index (Phi) is 4.44. The molecule has 1 rings (SSSR count). The number of rotatable bonds is 5. The summed E-state index contributed by atoms with van der Waals surface area (Å²) < 4.78 is 0. The molecule has 0 heterocycles. The molecule has 0 aliphatic carbocycles. The minimum atomic E-state index is -0.554. The Hall–Kier alpha value is -2.15. The van der Waals surface area contributed by atoms with Crippen molar-refractivity contribution in [1.29, 1.82) is 0 Å². The summed E-state index contributed by atoms with van der Waals surface area (Å²) in [5, 5.41) is 13.5. The van der Waals surface area contributed by atoms with Gasteiger partial charge in [0.2, 0.25) is 0 Å². The van der Waals surface area contributed by atoms with Crippen LogP contribution in [-0.4, -0.2) is 16.4 Å². The van der Waals surface area contributed by atoms with Gasteiger partial charge in [0, 0.05) is 17.7 Å². The molecule has 0 saturated heterocycles. The number of benzene rings is 1. The van der Waals surface area contributed by atoms with Crippen molar-refractivity contribution in [2.24, 2.45) is 5.84 Å². The molecule has 0 radical (unpaired) electrons. The van der Waals surface area contributed by atoms with E-state index in [1.807, 2.05) is 20.8 Å². The first kappa shape index (κ1) is 14.9. The van der Waals surface area contributed by atoms with E-state index in [0.29, 0.717) is 5.69 Å². The molecule has 0 atom stereocenters. The number of nitrogens with two attached hydrogens (primary N) is 1. The normalized spacial score (nSPS) is 10.9. The molecule has 7 heteroatoms. The Labute approximate surface area is 111 Å². The molecule has 1 aromatic rings. The van der Waals surface area contributed by atoms with Gasteiger partial charge in [-0.15, -0.1) is 0 Å². The lowest BCUT2D eigenvalue weighted by Crippen LogP contribution is -2.43. The number of anilines is 1. The highest BCUT2D eigenvalue weighted by molar-refractivity contribution is 6.00. The topological polar surface area (TPSA) is 110 Å². The molecular weight excluding hydrogens is 248 g/mol. The lowest BCUT2D eigenvalue weighted by Gasteiger charge is -2.25. The SMILES string of the molecule is CCC(C)(C)NC(=O)c1cc([N+](=O)[O-])ccc1NN. The first-order chi connectivity index (χ1) is 8.80. The fraction of sp³-hybridized carbons (Fsp3) is 0.417. The van der Waals surface area contributed by atoms with E-state index in [-0.39, 0.29) is 11.3 Å². The number of non-ortho nitro benzene ring substituents is 1. The minimum absolute atomic E-state index is 0.151. The van der Waals surface area contributed by atoms with E-state index in [0.717, 1.165) is 6.42 Å². The van der Waals surface area contributed by atoms with Crippen LogP contribution in [0.4, 0.5) is 11.4 Å². The summed E-state index contributed by atoms with van der Waals surface area (Å²) in [4.78, 5) is 22.3. The smallest absolute Gasteiger partial charge is 0.270 e. The largest absolute Gasteiger partial charge is 0.347 e. The third-order valence-corrected chi connectivity index (χ3v) is 2.95. The van der Waals surface area contributed by atoms with E-state index in [1.54, 1.807) is 0 Å². The molecular formula is C12H18N4O3. The van der Waals surface area contributed by atoms with Gasteiger partial charge >= 0.3 is 0 Å². The molecule has 1 amide bonds. The summed E-state index contributed by atoms with van der Waals surface area (Å²) in [6.45, 7) is 5.69. The number of nitrogens with zero attached hydrogens (tertiary/aromatic N) is 1. The first-order valence-corrected chi connectivity index (χ1v) is 5.88. The monoisotopic (exact) mass is 266 g/mol. The second kappa shape index (κ2) is 5.66. The molecule has 4 N–H and O–H groups in total. The number of nitrogens with one attached hydrogen (secondary N) is 2. The van der Waals surface area contributed by atoms with Gasteiger partial charge in [0.1, 0.15) is 0 Å². The number of nitrogen functional groups attached to an aromatic ring is 1. The Morgan fingerprint density at radius 2 is 2.11 bits per heavy atom. The number of carbonyl (C=O) groups is 1. The van der Waals surface area contributed by atoms with Crippen LogP contribution < -0.4 is 16.6 Å². The van der Waals surface area contributed by atoms with Crippen molar-refractivity contribution in [3.05, 3.63) is 33.9 Å². The molecule has 0 aromatic heterocycles. The number of nitro benzene ring substituents is 1. The number of hydrogen-bond donors (Lipinski definition) is 3. The van der Waals surface area contributed by atoms with Gasteiger partial charge in [-0.05, 0) is 26.3 Å². The number of hydrogen-bond acceptors (Lipinski definition) is 5. The highest BCUT2D eigenvalue weighted by Gasteiger charge is 2.22. The fourth-order valence-electron chi connectivity index (χ4n) is 1.42. The van der Waals surface area contributed by atoms with E-state index in [4.69, 9.17) is 5.84 Å². The predicted octanol–water partition coefficient (Wildman–Crippen LogP) is 1.80. The second-order valence-corrected chi connectivity index (χ2v) is 4.82. The van der Waals surface area contributed by atoms with Crippen molar-refractivity contribution in [2.45, 2.75) is 32.7 Å². The van der Waals surface area contributed by atoms with Gasteiger partial charge in [-0.2, -0.15) is 0 Å². The summed E-state index contributed by atoms with van der Waals surface area (Å²) in [7, 11) is 0. The zero-order valence-electron chi connectivity index (χ0n) is 11.2. The molecule has 0 unspecified atom stereocenters. The van der Waals surface area contributed by atoms with Crippen LogP contribution in [0.1, 0.15) is 37.6 Å². The van der Waals surface area contributed by atoms with Gasteiger partial charge < -0.3 is 10.7 Å². The summed E-state index contributed by atoms with van der Waals surface area (Å²) in [6.07, 6.45) is 0.735. The van der Waals surface area contributed by atoms with Crippen LogP contribution in [-0.2, 0) is 0 Å². The summed E-state index contributed by atoms with van der Waals surface area (Å²) in [6, 6.07) is 3.90. The van der Waals surface area contributed by atoms with E-state index in [2.05, 4.69) is 10.7 Å². The Balaban J connectivity index is 3.13. The lowest BCUT2D eigenvalue weighted by molar-refractivity contribution is -0.384. The van der Waals surface area contributed by atoms with Crippen LogP contribution in [0.2, 0.25) is 0 Å². The van der Waals surface area contributed by atoms with Gasteiger partial charge in [-0.1, -0.05) is 6.92 Å². The lowest BCUT2D eigenvalue weighted by atomic mass is 10.0. The third kappa shape index (κ3) is 3.65. The van der Waals surface area contributed by atoms with Crippen LogP contribution in [0.5, 0.6) is 0 Å². The second-order valence-electron chi connectivity index (χ2n) is 4.82. The predicted molar refractivity (Wildman–Crippen MR) is 72.7 cm³/mol. The molecule has 0 fully saturated rings. The molecule has 0 aliphatic rings. The average molecular weight is 266 g/mol. The first-order valence-electron chi connectivity index (χ1n) is 5.88. The maximum Gasteiger partial charge on any atom is 0.270 e. The Morgan fingerprint density at radius 3 is 2.58 bits per heavy atom. The molecule has 0 bridgehead atoms. The molecule has 19 heavy (non-hydrogen) atoms. The maximum atomic E-state index is 12.1. The Bertz CT molecular complexity index is 500. The standard InChI is InChI=1S/C12H18N4O3/c1-4-12(2,3)14-11(17)9-7-8(16(18)19)5-6-10(9)15-13/h5-7,15H,4,13H2,1-3H3,(H,14,17). The van der Waals surface area contributed by atoms with Gasteiger partial charge in [0.15, 0.2) is 0 Å². The summed E-state index contributed by atoms with van der Waals surface area (Å²) >= 11 is 0. The molecule has 0 spiro atoms. The van der Waals surface area contributed by atoms with Crippen molar-refractivity contribution >= 4 is 17.3 Å². The van der Waals surface area contributed by atoms with Crippen molar-refractivity contribution < 1.29 is 9.72 Å².